The first-order valence-corrected chi connectivity index (χ1v) is 8.73. The molecule has 2 N–H and O–H groups in total. The van der Waals surface area contributed by atoms with E-state index in [2.05, 4.69) is 5.10 Å². The van der Waals surface area contributed by atoms with Crippen LogP contribution in [0.25, 0.3) is 0 Å². The lowest BCUT2D eigenvalue weighted by Crippen LogP contribution is -2.06. The highest BCUT2D eigenvalue weighted by molar-refractivity contribution is 6.42. The van der Waals surface area contributed by atoms with Crippen LogP contribution in [0.2, 0.25) is 10.0 Å². The Morgan fingerprint density at radius 1 is 1.11 bits per heavy atom. The number of hydrogen-bond acceptors (Lipinski definition) is 5. The molecule has 1 heterocycles. The molecule has 0 aliphatic rings. The van der Waals surface area contributed by atoms with Crippen molar-refractivity contribution in [3.05, 3.63) is 69.2 Å². The zero-order valence-electron chi connectivity index (χ0n) is 14.4. The third-order valence-electron chi connectivity index (χ3n) is 3.92. The highest BCUT2D eigenvalue weighted by Gasteiger charge is 2.17. The molecule has 0 aliphatic heterocycles. The van der Waals surface area contributed by atoms with Gasteiger partial charge in [0, 0.05) is 0 Å². The molecular weight excluding hydrogens is 387 g/mol. The highest BCUT2D eigenvalue weighted by atomic mass is 35.5. The Labute approximate surface area is 166 Å². The van der Waals surface area contributed by atoms with E-state index in [0.29, 0.717) is 16.6 Å². The van der Waals surface area contributed by atoms with Gasteiger partial charge in [0.05, 0.1) is 23.7 Å². The van der Waals surface area contributed by atoms with Crippen LogP contribution in [0.4, 0.5) is 5.82 Å². The number of methoxy groups -OCH3 is 1. The fourth-order valence-corrected chi connectivity index (χ4v) is 2.78. The van der Waals surface area contributed by atoms with Gasteiger partial charge in [0.15, 0.2) is 5.56 Å². The van der Waals surface area contributed by atoms with Crippen LogP contribution < -0.4 is 15.2 Å². The number of rotatable bonds is 6. The van der Waals surface area contributed by atoms with Crippen LogP contribution in [0.1, 0.15) is 16.7 Å². The van der Waals surface area contributed by atoms with Crippen LogP contribution in [-0.2, 0) is 13.2 Å². The molecule has 27 heavy (non-hydrogen) atoms. The molecule has 3 aromatic rings. The smallest absolute Gasteiger partial charge is 0.253 e. The minimum atomic E-state index is 0.186. The monoisotopic (exact) mass is 402 g/mol. The van der Waals surface area contributed by atoms with Crippen molar-refractivity contribution in [3.8, 4) is 17.7 Å². The molecule has 0 radical (unpaired) electrons. The van der Waals surface area contributed by atoms with Crippen LogP contribution in [0.15, 0.2) is 42.5 Å². The number of benzene rings is 2. The Balaban J connectivity index is 1.78. The van der Waals surface area contributed by atoms with E-state index in [1.807, 2.05) is 36.4 Å². The highest BCUT2D eigenvalue weighted by Crippen LogP contribution is 2.27. The number of nitrogens with two attached hydrogens (primary N) is 1. The van der Waals surface area contributed by atoms with Crippen molar-refractivity contribution in [1.82, 2.24) is 9.78 Å². The topological polar surface area (TPSA) is 86.1 Å². The Morgan fingerprint density at radius 2 is 1.81 bits per heavy atom. The number of aromatic nitrogens is 2. The van der Waals surface area contributed by atoms with E-state index in [1.54, 1.807) is 19.2 Å². The van der Waals surface area contributed by atoms with E-state index >= 15 is 0 Å². The summed E-state index contributed by atoms with van der Waals surface area (Å²) in [4.78, 5) is 0. The maximum absolute atomic E-state index is 9.41. The van der Waals surface area contributed by atoms with Gasteiger partial charge in [-0.2, -0.15) is 5.26 Å². The number of nitriles is 1. The number of halogens is 2. The van der Waals surface area contributed by atoms with Crippen molar-refractivity contribution >= 4 is 29.0 Å². The number of nitrogen functional groups attached to an aromatic ring is 1. The third-order valence-corrected chi connectivity index (χ3v) is 4.66. The van der Waals surface area contributed by atoms with Crippen LogP contribution >= 0.6 is 23.2 Å². The van der Waals surface area contributed by atoms with Crippen LogP contribution in [0.3, 0.4) is 0 Å². The van der Waals surface area contributed by atoms with Crippen molar-refractivity contribution in [2.45, 2.75) is 13.2 Å². The lowest BCUT2D eigenvalue weighted by Gasteiger charge is -2.06. The van der Waals surface area contributed by atoms with Crippen molar-refractivity contribution in [2.24, 2.45) is 0 Å². The first-order chi connectivity index (χ1) is 13.0. The summed E-state index contributed by atoms with van der Waals surface area (Å²) in [6, 6.07) is 14.7. The van der Waals surface area contributed by atoms with E-state index in [0.717, 1.165) is 16.9 Å². The van der Waals surface area contributed by atoms with Gasteiger partial charge < -0.3 is 15.2 Å². The maximum Gasteiger partial charge on any atom is 0.253 e. The fourth-order valence-electron chi connectivity index (χ4n) is 2.46. The molecule has 0 unspecified atom stereocenters. The summed E-state index contributed by atoms with van der Waals surface area (Å²) in [6.45, 7) is 0.588. The van der Waals surface area contributed by atoms with Crippen LogP contribution in [-0.4, -0.2) is 16.9 Å². The first-order valence-electron chi connectivity index (χ1n) is 7.98. The molecule has 6 nitrogen and oxygen atoms in total. The Hall–Kier alpha value is -2.88. The van der Waals surface area contributed by atoms with Crippen molar-refractivity contribution in [3.63, 3.8) is 0 Å². The van der Waals surface area contributed by atoms with Gasteiger partial charge in [0.25, 0.3) is 5.88 Å². The quantitative estimate of drug-likeness (QED) is 0.664. The van der Waals surface area contributed by atoms with Crippen LogP contribution in [0, 0.1) is 11.3 Å². The summed E-state index contributed by atoms with van der Waals surface area (Å²) >= 11 is 12.0. The van der Waals surface area contributed by atoms with Gasteiger partial charge in [0.1, 0.15) is 24.2 Å². The van der Waals surface area contributed by atoms with Crippen LogP contribution in [0.5, 0.6) is 11.6 Å². The largest absolute Gasteiger partial charge is 0.497 e. The van der Waals surface area contributed by atoms with Gasteiger partial charge in [0.2, 0.25) is 0 Å². The summed E-state index contributed by atoms with van der Waals surface area (Å²) in [5.74, 6) is 1.17. The Kier molecular flexibility index (Phi) is 5.75. The number of nitrogens with zero attached hydrogens (tertiary/aromatic N) is 3. The third kappa shape index (κ3) is 4.27. The average Bonchev–Trinajstić information content (AvgIpc) is 2.98. The summed E-state index contributed by atoms with van der Waals surface area (Å²) in [6.07, 6.45) is 0. The average molecular weight is 403 g/mol. The molecule has 3 rings (SSSR count). The lowest BCUT2D eigenvalue weighted by atomic mass is 10.2. The molecule has 138 valence electrons. The zero-order chi connectivity index (χ0) is 19.4. The van der Waals surface area contributed by atoms with E-state index < -0.39 is 0 Å². The minimum Gasteiger partial charge on any atom is -0.497 e. The maximum atomic E-state index is 9.41. The summed E-state index contributed by atoms with van der Waals surface area (Å²) < 4.78 is 12.3. The second kappa shape index (κ2) is 8.21. The van der Waals surface area contributed by atoms with E-state index in [1.165, 1.54) is 4.68 Å². The van der Waals surface area contributed by atoms with Gasteiger partial charge in [-0.1, -0.05) is 41.4 Å². The molecule has 0 fully saturated rings. The van der Waals surface area contributed by atoms with E-state index in [9.17, 15) is 5.26 Å². The predicted octanol–water partition coefficient (Wildman–Crippen LogP) is 4.28. The molecule has 0 atom stereocenters. The van der Waals surface area contributed by atoms with Gasteiger partial charge >= 0.3 is 0 Å². The normalized spacial score (nSPS) is 10.4. The second-order valence-corrected chi connectivity index (χ2v) is 6.53. The van der Waals surface area contributed by atoms with Gasteiger partial charge in [-0.25, -0.2) is 4.68 Å². The fraction of sp³-hybridized carbons (Fsp3) is 0.158. The van der Waals surface area contributed by atoms with Crippen molar-refractivity contribution in [2.75, 3.05) is 12.8 Å². The molecule has 0 bridgehead atoms. The standard InChI is InChI=1S/C19H16Cl2N4O2/c1-26-14-5-2-12(3-6-14)11-27-19-15(9-22)18(23)25(24-19)10-13-4-7-16(20)17(21)8-13/h2-8H,10-11,23H2,1H3. The van der Waals surface area contributed by atoms with Crippen molar-refractivity contribution < 1.29 is 9.47 Å². The molecule has 0 spiro atoms. The summed E-state index contributed by atoms with van der Waals surface area (Å²) in [5, 5.41) is 14.6. The van der Waals surface area contributed by atoms with Gasteiger partial charge in [-0.3, -0.25) is 0 Å². The number of anilines is 1. The number of hydrogen-bond donors (Lipinski definition) is 1. The SMILES string of the molecule is COc1ccc(COc2nn(Cc3ccc(Cl)c(Cl)c3)c(N)c2C#N)cc1. The molecular formula is C19H16Cl2N4O2. The van der Waals surface area contributed by atoms with Crippen molar-refractivity contribution in [1.29, 1.82) is 5.26 Å². The zero-order valence-corrected chi connectivity index (χ0v) is 16.0. The molecule has 0 aliphatic carbocycles. The molecule has 2 aromatic carbocycles. The molecule has 0 saturated carbocycles. The summed E-state index contributed by atoms with van der Waals surface area (Å²) in [7, 11) is 1.61. The summed E-state index contributed by atoms with van der Waals surface area (Å²) in [5.41, 5.74) is 8.02. The molecule has 0 amide bonds. The molecule has 0 saturated heterocycles. The number of ether oxygens (including phenoxy) is 2. The van der Waals surface area contributed by atoms with Gasteiger partial charge in [-0.15, -0.1) is 5.10 Å². The first kappa shape index (κ1) is 18.9. The molecule has 8 heteroatoms. The van der Waals surface area contributed by atoms with Gasteiger partial charge in [-0.05, 0) is 35.4 Å². The van der Waals surface area contributed by atoms with E-state index in [-0.39, 0.29) is 23.9 Å². The lowest BCUT2D eigenvalue weighted by molar-refractivity contribution is 0.289. The Morgan fingerprint density at radius 3 is 2.44 bits per heavy atom. The predicted molar refractivity (Wildman–Crippen MR) is 104 cm³/mol. The van der Waals surface area contributed by atoms with E-state index in [4.69, 9.17) is 38.4 Å². The Bertz CT molecular complexity index is 994. The second-order valence-electron chi connectivity index (χ2n) is 5.72. The molecule has 1 aromatic heterocycles. The minimum absolute atomic E-state index is 0.186.